The van der Waals surface area contributed by atoms with Crippen molar-refractivity contribution in [2.75, 3.05) is 34.0 Å². The van der Waals surface area contributed by atoms with Crippen LogP contribution in [-0.4, -0.2) is 86.1 Å². The number of rotatable bonds is 48. The lowest BCUT2D eigenvalue weighted by Gasteiger charge is -2.21. The molecule has 0 bridgehead atoms. The van der Waals surface area contributed by atoms with Crippen LogP contribution < -0.4 is 14.2 Å². The minimum absolute atomic E-state index is 0. The number of Topliss-reactive ketones (excluding diaryl/α,β-unsaturated/α-hetero) is 9. The van der Waals surface area contributed by atoms with Gasteiger partial charge in [0.05, 0.1) is 20.8 Å². The summed E-state index contributed by atoms with van der Waals surface area (Å²) in [5.74, 6) is 8.57. The molecule has 1 aliphatic heterocycles. The molecule has 0 spiro atoms. The standard InChI is InChI=1S/C15H22O3.C15H22O.C14H20O.C14H26O.C14H20O.C13H17FO.C13H18O2.C13H18O.C10H18O2.5CH4/c1-10(2)13(16)7-6-12-8-14(17-4)11(3)15(9-12)18-5;1-13(2)15(16)12-8-4-7-11-14-9-5-3-6-10-14;1-11(2)14(15)6-4-5-13-9-7-12(3)8-10-13;2*1-12(2)14(15)11-7-6-10-13-8-4-3-5-9-13;1-9(2)13(15)5-4-11-6-10(3)7-12(14)8-11;1-11(2)13(14)9-6-10-15-12-7-4-3-5-8-12;1-10(2)13(14)9-8-12-6-4-11(3)5-7-12;1-8(2)10(11)4-3-9-5-6-12-7-9;;;;;/h8-10H,6-7H2,1-5H3;3,5-6,9-10,13H,4,7-8,11-12H2,1-2H3;7-11H,4-6H2,1-3H3;12-13H,3-11H2,1-2H3;3-5,8-9,12H,6-7,10-11H2,1-2H3;6-9H,4-5H2,1-3H3;3-5,7-8,11H,6,9-10H2,1-2H3;4-7,10H,8-9H2,1-3H3;8-9H,3-7H2,1-2H3;5*1H4. The lowest BCUT2D eigenvalue weighted by molar-refractivity contribution is -0.122. The third-order valence-corrected chi connectivity index (χ3v) is 24.4. The maximum absolute atomic E-state index is 13.0. The van der Waals surface area contributed by atoms with E-state index in [0.29, 0.717) is 91.5 Å². The molecule has 13 nitrogen and oxygen atoms in total. The number of methoxy groups -OCH3 is 2. The van der Waals surface area contributed by atoms with Crippen molar-refractivity contribution in [3.05, 3.63) is 231 Å². The average molecular weight is 1940 g/mol. The Labute approximate surface area is 856 Å². The number of benzene rings is 7. The van der Waals surface area contributed by atoms with Gasteiger partial charge in [0.25, 0.3) is 0 Å². The average Bonchev–Trinajstić information content (AvgIpc) is 0.911. The molecular weight excluding hydrogens is 1740 g/mol. The number of hydrogen-bond acceptors (Lipinski definition) is 13. The molecule has 9 rings (SSSR count). The second-order valence-electron chi connectivity index (χ2n) is 39.7. The predicted molar refractivity (Wildman–Crippen MR) is 595 cm³/mol. The molecule has 0 amide bonds. The molecule has 140 heavy (non-hydrogen) atoms. The minimum Gasteiger partial charge on any atom is -0.496 e. The molecule has 0 N–H and O–H groups in total. The third-order valence-electron chi connectivity index (χ3n) is 24.4. The lowest BCUT2D eigenvalue weighted by Crippen LogP contribution is -2.09. The van der Waals surface area contributed by atoms with E-state index in [2.05, 4.69) is 111 Å². The summed E-state index contributed by atoms with van der Waals surface area (Å²) >= 11 is 0. The molecule has 1 aliphatic carbocycles. The number of ether oxygens (including phenoxy) is 4. The Morgan fingerprint density at radius 3 is 1.00 bits per heavy atom. The zero-order valence-electron chi connectivity index (χ0n) is 88.5. The van der Waals surface area contributed by atoms with Gasteiger partial charge < -0.3 is 18.9 Å². The summed E-state index contributed by atoms with van der Waals surface area (Å²) in [7, 11) is 3.29. The van der Waals surface area contributed by atoms with Crippen molar-refractivity contribution in [3.63, 3.8) is 0 Å². The number of halogens is 1. The first-order chi connectivity index (χ1) is 64.2. The van der Waals surface area contributed by atoms with Gasteiger partial charge in [0.15, 0.2) is 0 Å². The second-order valence-corrected chi connectivity index (χ2v) is 39.7. The van der Waals surface area contributed by atoms with Gasteiger partial charge in [-0.2, -0.15) is 0 Å². The van der Waals surface area contributed by atoms with Gasteiger partial charge in [-0.3, -0.25) is 43.2 Å². The van der Waals surface area contributed by atoms with Crippen LogP contribution in [0.2, 0.25) is 0 Å². The summed E-state index contributed by atoms with van der Waals surface area (Å²) < 4.78 is 34.4. The molecule has 14 heteroatoms. The van der Waals surface area contributed by atoms with Crippen LogP contribution in [0.4, 0.5) is 4.39 Å². The summed E-state index contributed by atoms with van der Waals surface area (Å²) in [6, 6.07) is 56.5. The number of ketones is 9. The maximum atomic E-state index is 13.0. The van der Waals surface area contributed by atoms with Crippen molar-refractivity contribution < 1.29 is 66.5 Å². The van der Waals surface area contributed by atoms with E-state index in [-0.39, 0.29) is 108 Å². The highest BCUT2D eigenvalue weighted by Gasteiger charge is 2.20. The first-order valence-electron chi connectivity index (χ1n) is 51.3. The lowest BCUT2D eigenvalue weighted by atomic mass is 9.85. The fourth-order valence-corrected chi connectivity index (χ4v) is 14.7. The molecule has 7 aromatic carbocycles. The summed E-state index contributed by atoms with van der Waals surface area (Å²) in [6.45, 7) is 45.5. The Morgan fingerprint density at radius 2 is 0.621 bits per heavy atom. The smallest absolute Gasteiger partial charge is 0.135 e. The first kappa shape index (κ1) is 139. The number of para-hydroxylation sites is 1. The van der Waals surface area contributed by atoms with Crippen LogP contribution in [0.15, 0.2) is 170 Å². The van der Waals surface area contributed by atoms with Crippen molar-refractivity contribution in [2.45, 2.75) is 395 Å². The van der Waals surface area contributed by atoms with Gasteiger partial charge in [-0.25, -0.2) is 4.39 Å². The number of hydrogen-bond donors (Lipinski definition) is 0. The number of carbonyl (C=O) groups is 9. The Bertz CT molecular complexity index is 4220. The molecule has 2 fully saturated rings. The van der Waals surface area contributed by atoms with E-state index in [0.717, 1.165) is 174 Å². The van der Waals surface area contributed by atoms with Crippen LogP contribution in [0, 0.1) is 98.6 Å². The summed E-state index contributed by atoms with van der Waals surface area (Å²) in [6.07, 6.45) is 32.0. The molecule has 2 aliphatic rings. The monoisotopic (exact) mass is 1940 g/mol. The summed E-state index contributed by atoms with van der Waals surface area (Å²) in [5, 5.41) is 0. The molecule has 0 aromatic heterocycles. The van der Waals surface area contributed by atoms with E-state index < -0.39 is 0 Å². The van der Waals surface area contributed by atoms with Crippen LogP contribution in [0.5, 0.6) is 17.2 Å². The normalized spacial score (nSPS) is 12.1. The summed E-state index contributed by atoms with van der Waals surface area (Å²) in [4.78, 5) is 102. The van der Waals surface area contributed by atoms with Gasteiger partial charge in [-0.15, -0.1) is 0 Å². The molecule has 1 unspecified atom stereocenters. The van der Waals surface area contributed by atoms with Gasteiger partial charge in [-0.1, -0.05) is 358 Å². The molecule has 7 aromatic rings. The van der Waals surface area contributed by atoms with Crippen LogP contribution in [0.3, 0.4) is 0 Å². The zero-order chi connectivity index (χ0) is 101. The van der Waals surface area contributed by atoms with Crippen molar-refractivity contribution in [1.29, 1.82) is 0 Å². The van der Waals surface area contributed by atoms with Crippen molar-refractivity contribution in [3.8, 4) is 17.2 Å². The fourth-order valence-electron chi connectivity index (χ4n) is 14.7. The van der Waals surface area contributed by atoms with Gasteiger partial charge in [0.1, 0.15) is 75.1 Å². The largest absolute Gasteiger partial charge is 0.496 e. The van der Waals surface area contributed by atoms with Gasteiger partial charge in [0, 0.05) is 130 Å². The molecular formula is C126H201FO13. The van der Waals surface area contributed by atoms with Crippen LogP contribution in [0.25, 0.3) is 0 Å². The highest BCUT2D eigenvalue weighted by Crippen LogP contribution is 2.32. The topological polar surface area (TPSA) is 191 Å². The third kappa shape index (κ3) is 70.5. The highest BCUT2D eigenvalue weighted by atomic mass is 19.1. The van der Waals surface area contributed by atoms with Crippen LogP contribution in [-0.2, 0) is 86.4 Å². The minimum atomic E-state index is -0.220. The van der Waals surface area contributed by atoms with E-state index in [1.807, 2.05) is 199 Å². The van der Waals surface area contributed by atoms with Crippen molar-refractivity contribution in [2.24, 2.45) is 65.1 Å². The first-order valence-corrected chi connectivity index (χ1v) is 51.3. The Morgan fingerprint density at radius 1 is 0.300 bits per heavy atom. The van der Waals surface area contributed by atoms with Gasteiger partial charge in [-0.05, 0) is 211 Å². The highest BCUT2D eigenvalue weighted by molar-refractivity contribution is 5.83. The quantitative estimate of drug-likeness (QED) is 0.0328. The molecule has 1 heterocycles. The molecule has 1 saturated carbocycles. The Hall–Kier alpha value is -9.14. The SMILES string of the molecule is C.C.C.C.C.CC(C)C(=O)CCC1CCOC1.CC(C)C(=O)CCCCC1CCCCC1.CC(C)C(=O)CCCCCc1ccccc1.CC(C)C(=O)CCCCc1ccccc1.CC(C)C(=O)CCCOc1ccccc1.COc1cc(CCC(=O)C(C)C)cc(OC)c1C.Cc1cc(F)cc(CCC(=O)C(C)C)c1.Cc1ccc(CCC(=O)C(C)C)cc1.Cc1ccc(CCCC(=O)C(C)C)cc1. The molecule has 1 saturated heterocycles. The zero-order valence-corrected chi connectivity index (χ0v) is 88.5. The predicted octanol–water partition coefficient (Wildman–Crippen LogP) is 33.4. The van der Waals surface area contributed by atoms with Crippen LogP contribution in [0.1, 0.15) is 384 Å². The van der Waals surface area contributed by atoms with Crippen LogP contribution >= 0.6 is 0 Å². The number of aryl methyl sites for hydroxylation is 9. The fraction of sp³-hybridized carbons (Fsp3) is 0.595. The van der Waals surface area contributed by atoms with Gasteiger partial charge >= 0.3 is 0 Å². The van der Waals surface area contributed by atoms with E-state index >= 15 is 0 Å². The van der Waals surface area contributed by atoms with Crippen molar-refractivity contribution >= 4 is 52.0 Å². The number of carbonyl (C=O) groups excluding carboxylic acids is 9. The van der Waals surface area contributed by atoms with E-state index in [1.165, 1.54) is 96.9 Å². The van der Waals surface area contributed by atoms with Crippen molar-refractivity contribution in [1.82, 2.24) is 0 Å². The molecule has 0 radical (unpaired) electrons. The second kappa shape index (κ2) is 84.4. The van der Waals surface area contributed by atoms with Gasteiger partial charge in [0.2, 0.25) is 0 Å². The molecule has 790 valence electrons. The van der Waals surface area contributed by atoms with E-state index in [1.54, 1.807) is 14.2 Å². The van der Waals surface area contributed by atoms with E-state index in [9.17, 15) is 47.5 Å². The van der Waals surface area contributed by atoms with E-state index in [4.69, 9.17) is 18.9 Å². The Kier molecular flexibility index (Phi) is 84.0. The maximum Gasteiger partial charge on any atom is 0.135 e. The Balaban J connectivity index is -0.000000487. The molecule has 1 atom stereocenters. The summed E-state index contributed by atoms with van der Waals surface area (Å²) in [5.41, 5.74) is 11.8. The number of unbranched alkanes of at least 4 members (excludes halogenated alkanes) is 4.